The van der Waals surface area contributed by atoms with E-state index in [0.717, 1.165) is 29.2 Å². The second-order valence-corrected chi connectivity index (χ2v) is 8.05. The van der Waals surface area contributed by atoms with E-state index in [9.17, 15) is 0 Å². The van der Waals surface area contributed by atoms with E-state index in [-0.39, 0.29) is 0 Å². The van der Waals surface area contributed by atoms with E-state index in [4.69, 9.17) is 11.6 Å². The highest BCUT2D eigenvalue weighted by atomic mass is 35.5. The van der Waals surface area contributed by atoms with Gasteiger partial charge < -0.3 is 5.32 Å². The maximum absolute atomic E-state index is 6.13. The SMILES string of the molecule is CC1CCC(C(C)C)C(NC2Cc3ccc(Cl)cc3C2)C1. The Hall–Kier alpha value is -0.530. The highest BCUT2D eigenvalue weighted by Crippen LogP contribution is 2.35. The van der Waals surface area contributed by atoms with Crippen molar-refractivity contribution in [3.05, 3.63) is 34.3 Å². The van der Waals surface area contributed by atoms with Crippen LogP contribution in [0.1, 0.15) is 51.2 Å². The molecule has 0 saturated heterocycles. The zero-order chi connectivity index (χ0) is 15.0. The van der Waals surface area contributed by atoms with E-state index in [1.807, 2.05) is 6.07 Å². The summed E-state index contributed by atoms with van der Waals surface area (Å²) in [7, 11) is 0. The van der Waals surface area contributed by atoms with Crippen LogP contribution in [0.25, 0.3) is 0 Å². The summed E-state index contributed by atoms with van der Waals surface area (Å²) in [5.41, 5.74) is 2.94. The lowest BCUT2D eigenvalue weighted by atomic mass is 9.73. The van der Waals surface area contributed by atoms with Gasteiger partial charge in [0.1, 0.15) is 0 Å². The first-order valence-corrected chi connectivity index (χ1v) is 8.94. The highest BCUT2D eigenvalue weighted by molar-refractivity contribution is 6.30. The molecular formula is C19H28ClN. The maximum atomic E-state index is 6.13. The average molecular weight is 306 g/mol. The molecule has 1 fully saturated rings. The quantitative estimate of drug-likeness (QED) is 0.841. The Labute approximate surface area is 134 Å². The van der Waals surface area contributed by atoms with Crippen LogP contribution in [0, 0.1) is 17.8 Å². The van der Waals surface area contributed by atoms with E-state index in [1.165, 1.54) is 36.8 Å². The molecule has 1 N–H and O–H groups in total. The van der Waals surface area contributed by atoms with Gasteiger partial charge in [-0.05, 0) is 66.7 Å². The van der Waals surface area contributed by atoms with Crippen molar-refractivity contribution in [2.75, 3.05) is 0 Å². The molecule has 4 atom stereocenters. The predicted octanol–water partition coefficient (Wildman–Crippen LogP) is 4.86. The van der Waals surface area contributed by atoms with Gasteiger partial charge in [-0.15, -0.1) is 0 Å². The van der Waals surface area contributed by atoms with Gasteiger partial charge in [0.05, 0.1) is 0 Å². The zero-order valence-electron chi connectivity index (χ0n) is 13.5. The Morgan fingerprint density at radius 2 is 1.90 bits per heavy atom. The monoisotopic (exact) mass is 305 g/mol. The number of hydrogen-bond acceptors (Lipinski definition) is 1. The summed E-state index contributed by atoms with van der Waals surface area (Å²) in [5.74, 6) is 2.50. The third-order valence-electron chi connectivity index (χ3n) is 5.57. The first kappa shape index (κ1) is 15.4. The van der Waals surface area contributed by atoms with E-state index in [2.05, 4.69) is 38.2 Å². The molecule has 0 aliphatic heterocycles. The maximum Gasteiger partial charge on any atom is 0.0408 e. The van der Waals surface area contributed by atoms with Gasteiger partial charge >= 0.3 is 0 Å². The Balaban J connectivity index is 1.66. The fourth-order valence-electron chi connectivity index (χ4n) is 4.40. The molecule has 0 amide bonds. The summed E-state index contributed by atoms with van der Waals surface area (Å²) in [6.45, 7) is 7.19. The third kappa shape index (κ3) is 3.46. The molecule has 21 heavy (non-hydrogen) atoms. The summed E-state index contributed by atoms with van der Waals surface area (Å²) in [5, 5.41) is 4.88. The molecule has 1 saturated carbocycles. The van der Waals surface area contributed by atoms with Crippen LogP contribution in [0.4, 0.5) is 0 Å². The number of nitrogens with one attached hydrogen (secondary N) is 1. The van der Waals surface area contributed by atoms with Crippen molar-refractivity contribution in [2.45, 2.75) is 65.0 Å². The van der Waals surface area contributed by atoms with Crippen molar-refractivity contribution in [1.82, 2.24) is 5.32 Å². The summed E-state index contributed by atoms with van der Waals surface area (Å²) >= 11 is 6.13. The standard InChI is InChI=1S/C19H28ClN/c1-12(2)18-7-4-13(3)8-19(18)21-17-10-14-5-6-16(20)9-15(14)11-17/h5-6,9,12-13,17-19,21H,4,7-8,10-11H2,1-3H3. The van der Waals surface area contributed by atoms with Crippen LogP contribution in [-0.2, 0) is 12.8 Å². The average Bonchev–Trinajstić information content (AvgIpc) is 2.79. The van der Waals surface area contributed by atoms with Crippen molar-refractivity contribution in [3.63, 3.8) is 0 Å². The normalized spacial score (nSPS) is 32.4. The predicted molar refractivity (Wildman–Crippen MR) is 90.9 cm³/mol. The Kier molecular flexibility index (Phi) is 4.61. The minimum absolute atomic E-state index is 0.606. The van der Waals surface area contributed by atoms with Crippen molar-refractivity contribution in [2.24, 2.45) is 17.8 Å². The van der Waals surface area contributed by atoms with E-state index >= 15 is 0 Å². The summed E-state index contributed by atoms with van der Waals surface area (Å²) in [6, 6.07) is 7.70. The molecule has 0 spiro atoms. The van der Waals surface area contributed by atoms with Gasteiger partial charge in [0, 0.05) is 17.1 Å². The van der Waals surface area contributed by atoms with Gasteiger partial charge in [0.25, 0.3) is 0 Å². The van der Waals surface area contributed by atoms with E-state index in [0.29, 0.717) is 12.1 Å². The molecule has 2 aliphatic rings. The van der Waals surface area contributed by atoms with Gasteiger partial charge in [0.2, 0.25) is 0 Å². The lowest BCUT2D eigenvalue weighted by Crippen LogP contribution is -2.47. The highest BCUT2D eigenvalue weighted by Gasteiger charge is 2.33. The molecule has 0 aromatic heterocycles. The largest absolute Gasteiger partial charge is 0.310 e. The fraction of sp³-hybridized carbons (Fsp3) is 0.684. The zero-order valence-corrected chi connectivity index (χ0v) is 14.3. The van der Waals surface area contributed by atoms with Crippen LogP contribution in [0.5, 0.6) is 0 Å². The lowest BCUT2D eigenvalue weighted by Gasteiger charge is -2.39. The molecule has 0 radical (unpaired) electrons. The summed E-state index contributed by atoms with van der Waals surface area (Å²) in [4.78, 5) is 0. The van der Waals surface area contributed by atoms with Crippen molar-refractivity contribution in [3.8, 4) is 0 Å². The fourth-order valence-corrected chi connectivity index (χ4v) is 4.60. The van der Waals surface area contributed by atoms with E-state index < -0.39 is 0 Å². The van der Waals surface area contributed by atoms with Crippen LogP contribution in [0.15, 0.2) is 18.2 Å². The molecule has 2 aliphatic carbocycles. The van der Waals surface area contributed by atoms with Crippen LogP contribution in [0.2, 0.25) is 5.02 Å². The first-order valence-electron chi connectivity index (χ1n) is 8.56. The topological polar surface area (TPSA) is 12.0 Å². The van der Waals surface area contributed by atoms with Crippen LogP contribution in [-0.4, -0.2) is 12.1 Å². The van der Waals surface area contributed by atoms with E-state index in [1.54, 1.807) is 0 Å². The molecular weight excluding hydrogens is 278 g/mol. The summed E-state index contributed by atoms with van der Waals surface area (Å²) in [6.07, 6.45) is 6.45. The molecule has 116 valence electrons. The molecule has 0 bridgehead atoms. The summed E-state index contributed by atoms with van der Waals surface area (Å²) < 4.78 is 0. The molecule has 3 rings (SSSR count). The second-order valence-electron chi connectivity index (χ2n) is 7.62. The minimum Gasteiger partial charge on any atom is -0.310 e. The van der Waals surface area contributed by atoms with Gasteiger partial charge in [-0.25, -0.2) is 0 Å². The Morgan fingerprint density at radius 3 is 2.67 bits per heavy atom. The van der Waals surface area contributed by atoms with Crippen LogP contribution in [0.3, 0.4) is 0 Å². The Bertz CT molecular complexity index is 496. The minimum atomic E-state index is 0.606. The van der Waals surface area contributed by atoms with Crippen LogP contribution >= 0.6 is 11.6 Å². The number of hydrogen-bond donors (Lipinski definition) is 1. The second kappa shape index (κ2) is 6.30. The number of fused-ring (bicyclic) bond motifs is 1. The molecule has 1 aromatic carbocycles. The molecule has 0 heterocycles. The van der Waals surface area contributed by atoms with Crippen molar-refractivity contribution >= 4 is 11.6 Å². The smallest absolute Gasteiger partial charge is 0.0408 e. The first-order chi connectivity index (χ1) is 10.0. The van der Waals surface area contributed by atoms with Gasteiger partial charge in [-0.3, -0.25) is 0 Å². The molecule has 1 nitrogen and oxygen atoms in total. The Morgan fingerprint density at radius 1 is 1.14 bits per heavy atom. The van der Waals surface area contributed by atoms with Crippen molar-refractivity contribution < 1.29 is 0 Å². The van der Waals surface area contributed by atoms with Gasteiger partial charge in [0.15, 0.2) is 0 Å². The molecule has 2 heteroatoms. The van der Waals surface area contributed by atoms with Crippen molar-refractivity contribution in [1.29, 1.82) is 0 Å². The van der Waals surface area contributed by atoms with Gasteiger partial charge in [-0.2, -0.15) is 0 Å². The lowest BCUT2D eigenvalue weighted by molar-refractivity contribution is 0.160. The molecule has 1 aromatic rings. The number of halogens is 1. The van der Waals surface area contributed by atoms with Crippen LogP contribution < -0.4 is 5.32 Å². The molecule has 4 unspecified atom stereocenters. The number of benzene rings is 1. The number of rotatable bonds is 3. The third-order valence-corrected chi connectivity index (χ3v) is 5.81. The van der Waals surface area contributed by atoms with Gasteiger partial charge in [-0.1, -0.05) is 44.9 Å².